The molecule has 1 unspecified atom stereocenters. The van der Waals surface area contributed by atoms with E-state index in [1.54, 1.807) is 19.0 Å². The SMILES string of the molecule is CN=C(NCC(=O)NC)NC1CCN(c2c(F)cccc2F)C1. The predicted molar refractivity (Wildman–Crippen MR) is 85.5 cm³/mol. The Bertz CT molecular complexity index is 573. The van der Waals surface area contributed by atoms with Crippen molar-refractivity contribution in [3.8, 4) is 0 Å². The topological polar surface area (TPSA) is 68.8 Å². The van der Waals surface area contributed by atoms with Crippen LogP contribution in [0.1, 0.15) is 6.42 Å². The minimum atomic E-state index is -0.562. The molecule has 1 aromatic rings. The molecule has 0 saturated carbocycles. The quantitative estimate of drug-likeness (QED) is 0.556. The molecule has 0 aromatic heterocycles. The van der Waals surface area contributed by atoms with E-state index in [2.05, 4.69) is 20.9 Å². The molecule has 23 heavy (non-hydrogen) atoms. The van der Waals surface area contributed by atoms with E-state index >= 15 is 0 Å². The molecule has 0 radical (unpaired) electrons. The number of carbonyl (C=O) groups excluding carboxylic acids is 1. The molecule has 6 nitrogen and oxygen atoms in total. The molecule has 126 valence electrons. The number of rotatable bonds is 4. The van der Waals surface area contributed by atoms with Crippen molar-refractivity contribution in [2.24, 2.45) is 4.99 Å². The highest BCUT2D eigenvalue weighted by atomic mass is 19.1. The van der Waals surface area contributed by atoms with Gasteiger partial charge in [-0.05, 0) is 18.6 Å². The van der Waals surface area contributed by atoms with Crippen LogP contribution in [0.3, 0.4) is 0 Å². The van der Waals surface area contributed by atoms with Gasteiger partial charge in [0.2, 0.25) is 5.91 Å². The summed E-state index contributed by atoms with van der Waals surface area (Å²) in [6.45, 7) is 1.11. The second kappa shape index (κ2) is 7.75. The summed E-state index contributed by atoms with van der Waals surface area (Å²) >= 11 is 0. The highest BCUT2D eigenvalue weighted by molar-refractivity contribution is 5.86. The third kappa shape index (κ3) is 4.30. The standard InChI is InChI=1S/C15H21F2N5O/c1-18-13(23)8-20-15(19-2)21-10-6-7-22(9-10)14-11(16)4-3-5-12(14)17/h3-5,10H,6-9H2,1-2H3,(H,18,23)(H2,19,20,21). The monoisotopic (exact) mass is 325 g/mol. The number of halogens is 2. The molecule has 1 atom stereocenters. The number of carbonyl (C=O) groups is 1. The van der Waals surface area contributed by atoms with Crippen LogP contribution in [0.25, 0.3) is 0 Å². The molecular weight excluding hydrogens is 304 g/mol. The Kier molecular flexibility index (Phi) is 5.72. The fourth-order valence-corrected chi connectivity index (χ4v) is 2.51. The highest BCUT2D eigenvalue weighted by Gasteiger charge is 2.27. The van der Waals surface area contributed by atoms with Crippen molar-refractivity contribution in [2.75, 3.05) is 38.6 Å². The molecule has 3 N–H and O–H groups in total. The van der Waals surface area contributed by atoms with Crippen molar-refractivity contribution < 1.29 is 13.6 Å². The summed E-state index contributed by atoms with van der Waals surface area (Å²) in [5, 5.41) is 8.54. The number of hydrogen-bond donors (Lipinski definition) is 3. The minimum absolute atomic E-state index is 0.00473. The number of nitrogens with zero attached hydrogens (tertiary/aromatic N) is 2. The number of guanidine groups is 1. The molecule has 0 aliphatic carbocycles. The van der Waals surface area contributed by atoms with Gasteiger partial charge in [-0.15, -0.1) is 0 Å². The number of para-hydroxylation sites is 1. The molecule has 1 fully saturated rings. The van der Waals surface area contributed by atoms with Gasteiger partial charge in [-0.25, -0.2) is 8.78 Å². The van der Waals surface area contributed by atoms with E-state index in [1.807, 2.05) is 0 Å². The lowest BCUT2D eigenvalue weighted by molar-refractivity contribution is -0.119. The van der Waals surface area contributed by atoms with E-state index in [-0.39, 0.29) is 24.2 Å². The van der Waals surface area contributed by atoms with Gasteiger partial charge in [-0.1, -0.05) is 6.07 Å². The molecule has 0 spiro atoms. The summed E-state index contributed by atoms with van der Waals surface area (Å²) < 4.78 is 27.6. The summed E-state index contributed by atoms with van der Waals surface area (Å²) in [5.74, 6) is -0.801. The Morgan fingerprint density at radius 3 is 2.70 bits per heavy atom. The number of amides is 1. The largest absolute Gasteiger partial charge is 0.365 e. The van der Waals surface area contributed by atoms with Gasteiger partial charge in [0, 0.05) is 33.2 Å². The van der Waals surface area contributed by atoms with E-state index < -0.39 is 11.6 Å². The van der Waals surface area contributed by atoms with E-state index in [0.717, 1.165) is 0 Å². The summed E-state index contributed by atoms with van der Waals surface area (Å²) in [6, 6.07) is 3.85. The fourth-order valence-electron chi connectivity index (χ4n) is 2.51. The second-order valence-electron chi connectivity index (χ2n) is 5.25. The Labute approximate surface area is 134 Å². The second-order valence-corrected chi connectivity index (χ2v) is 5.25. The molecule has 1 aromatic carbocycles. The zero-order valence-corrected chi connectivity index (χ0v) is 13.2. The molecule has 1 aliphatic rings. The number of nitrogens with one attached hydrogen (secondary N) is 3. The number of likely N-dealkylation sites (N-methyl/N-ethyl adjacent to an activating group) is 1. The van der Waals surface area contributed by atoms with Gasteiger partial charge in [0.15, 0.2) is 5.96 Å². The van der Waals surface area contributed by atoms with Gasteiger partial charge < -0.3 is 20.9 Å². The first kappa shape index (κ1) is 17.0. The zero-order chi connectivity index (χ0) is 16.8. The predicted octanol–water partition coefficient (Wildman–Crippen LogP) is 0.455. The van der Waals surface area contributed by atoms with Gasteiger partial charge in [0.1, 0.15) is 17.3 Å². The maximum Gasteiger partial charge on any atom is 0.239 e. The molecule has 1 heterocycles. The van der Waals surface area contributed by atoms with Crippen molar-refractivity contribution in [3.05, 3.63) is 29.8 Å². The van der Waals surface area contributed by atoms with Crippen LogP contribution in [0.4, 0.5) is 14.5 Å². The number of benzene rings is 1. The Hall–Kier alpha value is -2.38. The highest BCUT2D eigenvalue weighted by Crippen LogP contribution is 2.26. The van der Waals surface area contributed by atoms with Crippen molar-refractivity contribution in [1.29, 1.82) is 0 Å². The van der Waals surface area contributed by atoms with Crippen molar-refractivity contribution in [3.63, 3.8) is 0 Å². The Balaban J connectivity index is 1.93. The van der Waals surface area contributed by atoms with Crippen LogP contribution in [0.2, 0.25) is 0 Å². The maximum absolute atomic E-state index is 13.8. The molecule has 8 heteroatoms. The first-order valence-electron chi connectivity index (χ1n) is 7.42. The lowest BCUT2D eigenvalue weighted by Crippen LogP contribution is -2.47. The smallest absolute Gasteiger partial charge is 0.239 e. The minimum Gasteiger partial charge on any atom is -0.365 e. The zero-order valence-electron chi connectivity index (χ0n) is 13.2. The molecule has 1 saturated heterocycles. The third-order valence-electron chi connectivity index (χ3n) is 3.70. The maximum atomic E-state index is 13.8. The van der Waals surface area contributed by atoms with Crippen molar-refractivity contribution >= 4 is 17.6 Å². The van der Waals surface area contributed by atoms with Crippen LogP contribution in [0.5, 0.6) is 0 Å². The average molecular weight is 325 g/mol. The third-order valence-corrected chi connectivity index (χ3v) is 3.70. The Morgan fingerprint density at radius 1 is 1.39 bits per heavy atom. The molecule has 2 rings (SSSR count). The number of aliphatic imine (C=N–C) groups is 1. The molecule has 1 amide bonds. The fraction of sp³-hybridized carbons (Fsp3) is 0.467. The molecule has 0 bridgehead atoms. The van der Waals surface area contributed by atoms with Crippen LogP contribution in [0.15, 0.2) is 23.2 Å². The summed E-state index contributed by atoms with van der Waals surface area (Å²) in [6.07, 6.45) is 0.717. The van der Waals surface area contributed by atoms with E-state index in [1.165, 1.54) is 18.2 Å². The van der Waals surface area contributed by atoms with Crippen LogP contribution >= 0.6 is 0 Å². The van der Waals surface area contributed by atoms with Gasteiger partial charge in [0.05, 0.1) is 6.54 Å². The van der Waals surface area contributed by atoms with Gasteiger partial charge in [-0.2, -0.15) is 0 Å². The first-order valence-corrected chi connectivity index (χ1v) is 7.42. The summed E-state index contributed by atoms with van der Waals surface area (Å²) in [5.41, 5.74) is 0.00473. The summed E-state index contributed by atoms with van der Waals surface area (Å²) in [7, 11) is 3.15. The van der Waals surface area contributed by atoms with Crippen LogP contribution < -0.4 is 20.9 Å². The Morgan fingerprint density at radius 2 is 2.09 bits per heavy atom. The summed E-state index contributed by atoms with van der Waals surface area (Å²) in [4.78, 5) is 16.9. The molecule has 1 aliphatic heterocycles. The van der Waals surface area contributed by atoms with Crippen molar-refractivity contribution in [1.82, 2.24) is 16.0 Å². The van der Waals surface area contributed by atoms with Crippen LogP contribution in [-0.2, 0) is 4.79 Å². The van der Waals surface area contributed by atoms with Gasteiger partial charge in [-0.3, -0.25) is 9.79 Å². The van der Waals surface area contributed by atoms with E-state index in [9.17, 15) is 13.6 Å². The average Bonchev–Trinajstić information content (AvgIpc) is 2.99. The lowest BCUT2D eigenvalue weighted by Gasteiger charge is -2.21. The van der Waals surface area contributed by atoms with E-state index in [0.29, 0.717) is 25.5 Å². The van der Waals surface area contributed by atoms with Crippen molar-refractivity contribution in [2.45, 2.75) is 12.5 Å². The normalized spacial score (nSPS) is 18.0. The van der Waals surface area contributed by atoms with E-state index in [4.69, 9.17) is 0 Å². The van der Waals surface area contributed by atoms with Gasteiger partial charge in [0.25, 0.3) is 0 Å². The van der Waals surface area contributed by atoms with Crippen LogP contribution in [0, 0.1) is 11.6 Å². The number of hydrogen-bond acceptors (Lipinski definition) is 3. The number of anilines is 1. The van der Waals surface area contributed by atoms with Gasteiger partial charge >= 0.3 is 0 Å². The lowest BCUT2D eigenvalue weighted by atomic mass is 10.2. The van der Waals surface area contributed by atoms with Crippen LogP contribution in [-0.4, -0.2) is 51.6 Å². The molecular formula is C15H21F2N5O. The first-order chi connectivity index (χ1) is 11.0.